The van der Waals surface area contributed by atoms with Crippen LogP contribution >= 0.6 is 23.2 Å². The summed E-state index contributed by atoms with van der Waals surface area (Å²) < 4.78 is 0. The summed E-state index contributed by atoms with van der Waals surface area (Å²) in [6.07, 6.45) is 3.57. The van der Waals surface area contributed by atoms with Gasteiger partial charge in [0, 0.05) is 28.2 Å². The fourth-order valence-electron chi connectivity index (χ4n) is 2.90. The molecule has 0 bridgehead atoms. The van der Waals surface area contributed by atoms with Crippen LogP contribution in [0, 0.1) is 5.92 Å². The van der Waals surface area contributed by atoms with E-state index in [1.54, 1.807) is 18.2 Å². The van der Waals surface area contributed by atoms with Crippen molar-refractivity contribution in [2.24, 2.45) is 11.7 Å². The van der Waals surface area contributed by atoms with Crippen LogP contribution in [0.3, 0.4) is 0 Å². The topological polar surface area (TPSA) is 87.5 Å². The minimum Gasteiger partial charge on any atom is -0.369 e. The fourth-order valence-corrected chi connectivity index (χ4v) is 3.43. The van der Waals surface area contributed by atoms with Crippen LogP contribution in [0.2, 0.25) is 10.0 Å². The molecule has 138 valence electrons. The van der Waals surface area contributed by atoms with Crippen molar-refractivity contribution in [3.8, 4) is 0 Å². The Morgan fingerprint density at radius 3 is 2.36 bits per heavy atom. The summed E-state index contributed by atoms with van der Waals surface area (Å²) in [4.78, 5) is 25.3. The number of nitrogens with zero attached hydrogens (tertiary/aromatic N) is 1. The van der Waals surface area contributed by atoms with Gasteiger partial charge in [0.2, 0.25) is 5.91 Å². The van der Waals surface area contributed by atoms with Crippen LogP contribution in [0.1, 0.15) is 25.7 Å². The molecule has 1 aromatic carbocycles. The summed E-state index contributed by atoms with van der Waals surface area (Å²) in [6.45, 7) is 3.39. The summed E-state index contributed by atoms with van der Waals surface area (Å²) in [7, 11) is 0. The van der Waals surface area contributed by atoms with Crippen molar-refractivity contribution in [3.63, 3.8) is 0 Å². The predicted molar refractivity (Wildman–Crippen MR) is 101 cm³/mol. The monoisotopic (exact) mass is 386 g/mol. The molecule has 25 heavy (non-hydrogen) atoms. The number of amides is 3. The van der Waals surface area contributed by atoms with Crippen LogP contribution in [-0.2, 0) is 4.79 Å². The Hall–Kier alpha value is -1.50. The number of likely N-dealkylation sites (tertiary alicyclic amines) is 1. The number of halogens is 2. The third kappa shape index (κ3) is 7.10. The molecule has 3 amide bonds. The molecule has 1 aliphatic heterocycles. The molecule has 2 rings (SSSR count). The lowest BCUT2D eigenvalue weighted by Crippen LogP contribution is -2.39. The maximum atomic E-state index is 11.8. The fraction of sp³-hybridized carbons (Fsp3) is 0.529. The molecule has 1 saturated heterocycles. The lowest BCUT2D eigenvalue weighted by Gasteiger charge is -2.30. The molecule has 1 aromatic rings. The van der Waals surface area contributed by atoms with E-state index in [-0.39, 0.29) is 17.9 Å². The average Bonchev–Trinajstić information content (AvgIpc) is 2.54. The predicted octanol–water partition coefficient (Wildman–Crippen LogP) is 3.09. The Bertz CT molecular complexity index is 584. The van der Waals surface area contributed by atoms with Gasteiger partial charge >= 0.3 is 6.03 Å². The van der Waals surface area contributed by atoms with Crippen LogP contribution in [0.4, 0.5) is 10.5 Å². The second-order valence-electron chi connectivity index (χ2n) is 6.26. The van der Waals surface area contributed by atoms with E-state index >= 15 is 0 Å². The number of piperidine rings is 1. The molecule has 0 saturated carbocycles. The number of primary amides is 1. The Morgan fingerprint density at radius 2 is 1.76 bits per heavy atom. The molecule has 0 aliphatic carbocycles. The molecule has 6 nitrogen and oxygen atoms in total. The van der Waals surface area contributed by atoms with E-state index in [2.05, 4.69) is 15.5 Å². The highest BCUT2D eigenvalue weighted by Gasteiger charge is 2.22. The van der Waals surface area contributed by atoms with Crippen LogP contribution in [-0.4, -0.2) is 43.0 Å². The molecular formula is C17H24Cl2N4O2. The lowest BCUT2D eigenvalue weighted by atomic mass is 9.96. The molecule has 4 N–H and O–H groups in total. The van der Waals surface area contributed by atoms with E-state index in [0.717, 1.165) is 45.3 Å². The molecule has 0 unspecified atom stereocenters. The zero-order valence-corrected chi connectivity index (χ0v) is 15.6. The average molecular weight is 387 g/mol. The third-order valence-corrected chi connectivity index (χ3v) is 4.73. The van der Waals surface area contributed by atoms with Crippen LogP contribution in [0.5, 0.6) is 0 Å². The van der Waals surface area contributed by atoms with Crippen molar-refractivity contribution in [3.05, 3.63) is 28.2 Å². The Balaban J connectivity index is 1.57. The SMILES string of the molecule is NC(=O)C1CCN(CCCCNC(=O)Nc2cc(Cl)cc(Cl)c2)CC1. The van der Waals surface area contributed by atoms with Gasteiger partial charge in [-0.2, -0.15) is 0 Å². The molecule has 0 atom stereocenters. The van der Waals surface area contributed by atoms with E-state index in [0.29, 0.717) is 22.3 Å². The van der Waals surface area contributed by atoms with Gasteiger partial charge < -0.3 is 21.3 Å². The molecular weight excluding hydrogens is 363 g/mol. The minimum atomic E-state index is -0.277. The first-order valence-electron chi connectivity index (χ1n) is 8.46. The first kappa shape index (κ1) is 19.8. The van der Waals surface area contributed by atoms with Crippen molar-refractivity contribution in [2.75, 3.05) is 31.5 Å². The Kier molecular flexibility index (Phi) is 7.81. The smallest absolute Gasteiger partial charge is 0.319 e. The quantitative estimate of drug-likeness (QED) is 0.629. The number of anilines is 1. The number of hydrogen-bond acceptors (Lipinski definition) is 3. The highest BCUT2D eigenvalue weighted by molar-refractivity contribution is 6.35. The Labute approximate surface area is 158 Å². The second kappa shape index (κ2) is 9.85. The zero-order valence-electron chi connectivity index (χ0n) is 14.1. The van der Waals surface area contributed by atoms with Gasteiger partial charge in [-0.15, -0.1) is 0 Å². The Morgan fingerprint density at radius 1 is 1.12 bits per heavy atom. The van der Waals surface area contributed by atoms with Crippen molar-refractivity contribution in [2.45, 2.75) is 25.7 Å². The molecule has 1 fully saturated rings. The first-order chi connectivity index (χ1) is 11.9. The van der Waals surface area contributed by atoms with Gasteiger partial charge in [0.25, 0.3) is 0 Å². The van der Waals surface area contributed by atoms with E-state index in [1.165, 1.54) is 0 Å². The van der Waals surface area contributed by atoms with Gasteiger partial charge in [-0.1, -0.05) is 23.2 Å². The van der Waals surface area contributed by atoms with Gasteiger partial charge in [0.15, 0.2) is 0 Å². The number of carbonyl (C=O) groups is 2. The molecule has 8 heteroatoms. The normalized spacial score (nSPS) is 15.8. The molecule has 0 radical (unpaired) electrons. The van der Waals surface area contributed by atoms with Crippen LogP contribution in [0.15, 0.2) is 18.2 Å². The molecule has 0 aromatic heterocycles. The van der Waals surface area contributed by atoms with Crippen molar-refractivity contribution < 1.29 is 9.59 Å². The highest BCUT2D eigenvalue weighted by atomic mass is 35.5. The second-order valence-corrected chi connectivity index (χ2v) is 7.14. The summed E-state index contributed by atoms with van der Waals surface area (Å²) in [5.74, 6) is -0.155. The third-order valence-electron chi connectivity index (χ3n) is 4.30. The minimum absolute atomic E-state index is 0.0293. The summed E-state index contributed by atoms with van der Waals surface area (Å²) in [5, 5.41) is 6.47. The van der Waals surface area contributed by atoms with Gasteiger partial charge in [0.05, 0.1) is 0 Å². The van der Waals surface area contributed by atoms with Crippen LogP contribution < -0.4 is 16.4 Å². The van der Waals surface area contributed by atoms with Crippen molar-refractivity contribution in [1.82, 2.24) is 10.2 Å². The van der Waals surface area contributed by atoms with E-state index < -0.39 is 0 Å². The number of urea groups is 1. The van der Waals surface area contributed by atoms with E-state index in [9.17, 15) is 9.59 Å². The van der Waals surface area contributed by atoms with Crippen molar-refractivity contribution in [1.29, 1.82) is 0 Å². The zero-order chi connectivity index (χ0) is 18.2. The first-order valence-corrected chi connectivity index (χ1v) is 9.22. The molecule has 1 heterocycles. The lowest BCUT2D eigenvalue weighted by molar-refractivity contribution is -0.123. The number of nitrogens with two attached hydrogens (primary N) is 1. The summed E-state index contributed by atoms with van der Waals surface area (Å²) in [5.41, 5.74) is 5.90. The van der Waals surface area contributed by atoms with E-state index in [1.807, 2.05) is 0 Å². The number of rotatable bonds is 7. The molecule has 0 spiro atoms. The van der Waals surface area contributed by atoms with E-state index in [4.69, 9.17) is 28.9 Å². The summed E-state index contributed by atoms with van der Waals surface area (Å²) >= 11 is 11.8. The van der Waals surface area contributed by atoms with Gasteiger partial charge in [-0.3, -0.25) is 4.79 Å². The van der Waals surface area contributed by atoms with Gasteiger partial charge in [-0.05, 0) is 63.5 Å². The number of carbonyl (C=O) groups excluding carboxylic acids is 2. The standard InChI is InChI=1S/C17H24Cl2N4O2/c18-13-9-14(19)11-15(10-13)22-17(25)21-5-1-2-6-23-7-3-12(4-8-23)16(20)24/h9-12H,1-8H2,(H2,20,24)(H2,21,22,25). The van der Waals surface area contributed by atoms with Gasteiger partial charge in [-0.25, -0.2) is 4.79 Å². The van der Waals surface area contributed by atoms with Crippen molar-refractivity contribution >= 4 is 40.8 Å². The number of benzene rings is 1. The number of nitrogens with one attached hydrogen (secondary N) is 2. The number of hydrogen-bond donors (Lipinski definition) is 3. The van der Waals surface area contributed by atoms with Gasteiger partial charge in [0.1, 0.15) is 0 Å². The maximum Gasteiger partial charge on any atom is 0.319 e. The largest absolute Gasteiger partial charge is 0.369 e. The number of unbranched alkanes of at least 4 members (excludes halogenated alkanes) is 1. The highest BCUT2D eigenvalue weighted by Crippen LogP contribution is 2.22. The molecule has 1 aliphatic rings. The maximum absolute atomic E-state index is 11.8. The summed E-state index contributed by atoms with van der Waals surface area (Å²) in [6, 6.07) is 4.62. The van der Waals surface area contributed by atoms with Crippen LogP contribution in [0.25, 0.3) is 0 Å².